The van der Waals surface area contributed by atoms with E-state index in [4.69, 9.17) is 0 Å². The third-order valence-electron chi connectivity index (χ3n) is 3.64. The van der Waals surface area contributed by atoms with Gasteiger partial charge in [-0.2, -0.15) is 0 Å². The Morgan fingerprint density at radius 2 is 2.19 bits per heavy atom. The van der Waals surface area contributed by atoms with E-state index >= 15 is 0 Å². The van der Waals surface area contributed by atoms with Gasteiger partial charge in [-0.25, -0.2) is 0 Å². The van der Waals surface area contributed by atoms with Crippen LogP contribution in [0.25, 0.3) is 0 Å². The van der Waals surface area contributed by atoms with Crippen molar-refractivity contribution < 1.29 is 9.59 Å². The number of rotatable bonds is 3. The Morgan fingerprint density at radius 1 is 1.48 bits per heavy atom. The second-order valence-electron chi connectivity index (χ2n) is 5.38. The van der Waals surface area contributed by atoms with Gasteiger partial charge in [0, 0.05) is 43.4 Å². The zero-order chi connectivity index (χ0) is 15.6. The lowest BCUT2D eigenvalue weighted by atomic mass is 10.1. The number of nitrogens with one attached hydrogen (secondary N) is 2. The molecular weight excluding hydrogens is 336 g/mol. The molecule has 2 amide bonds. The van der Waals surface area contributed by atoms with Crippen molar-refractivity contribution in [3.8, 4) is 0 Å². The van der Waals surface area contributed by atoms with Gasteiger partial charge in [-0.05, 0) is 35.8 Å². The van der Waals surface area contributed by atoms with E-state index in [1.54, 1.807) is 11.9 Å². The number of amides is 2. The van der Waals surface area contributed by atoms with Crippen molar-refractivity contribution in [3.63, 3.8) is 0 Å². The van der Waals surface area contributed by atoms with Crippen LogP contribution in [-0.2, 0) is 4.79 Å². The Morgan fingerprint density at radius 3 is 2.81 bits per heavy atom. The average molecular weight is 357 g/mol. The molecule has 1 saturated heterocycles. The first-order valence-corrected chi connectivity index (χ1v) is 7.85. The zero-order valence-corrected chi connectivity index (χ0v) is 14.1. The third-order valence-corrected chi connectivity index (χ3v) is 4.08. The predicted octanol–water partition coefficient (Wildman–Crippen LogP) is 0.992. The summed E-state index contributed by atoms with van der Waals surface area (Å²) in [5.41, 5.74) is 0.604. The van der Waals surface area contributed by atoms with E-state index in [0.717, 1.165) is 4.47 Å². The first kappa shape index (κ1) is 16.0. The van der Waals surface area contributed by atoms with Crippen LogP contribution in [0.4, 0.5) is 0 Å². The van der Waals surface area contributed by atoms with Crippen molar-refractivity contribution >= 4 is 27.7 Å². The highest BCUT2D eigenvalue weighted by atomic mass is 79.9. The number of carbonyl (C=O) groups is 2. The van der Waals surface area contributed by atoms with Gasteiger partial charge in [0.05, 0.1) is 0 Å². The molecule has 1 aromatic rings. The summed E-state index contributed by atoms with van der Waals surface area (Å²) < 4.78 is 2.79. The molecule has 1 aliphatic heterocycles. The molecule has 116 valence electrons. The molecule has 6 nitrogen and oxygen atoms in total. The number of halogens is 1. The summed E-state index contributed by atoms with van der Waals surface area (Å²) in [6, 6.07) is 1.52. The second kappa shape index (κ2) is 6.62. The van der Waals surface area contributed by atoms with Crippen molar-refractivity contribution in [2.45, 2.75) is 25.9 Å². The van der Waals surface area contributed by atoms with E-state index in [-0.39, 0.29) is 17.9 Å². The summed E-state index contributed by atoms with van der Waals surface area (Å²) >= 11 is 3.42. The number of hydrogen-bond donors (Lipinski definition) is 2. The van der Waals surface area contributed by atoms with Gasteiger partial charge in [-0.3, -0.25) is 9.59 Å². The van der Waals surface area contributed by atoms with Gasteiger partial charge < -0.3 is 20.1 Å². The molecule has 0 saturated carbocycles. The first-order chi connectivity index (χ1) is 9.95. The van der Waals surface area contributed by atoms with Gasteiger partial charge in [0.1, 0.15) is 11.7 Å². The van der Waals surface area contributed by atoms with Crippen LogP contribution in [-0.4, -0.2) is 54.0 Å². The van der Waals surface area contributed by atoms with Crippen LogP contribution in [0.3, 0.4) is 0 Å². The standard InChI is InChI=1S/C14H21BrN4O2/c1-9(2)19-8-10(15)6-11(19)14(21)18-5-4-17-7-12(18)13(20)16-3/h6,8-9,12,17H,4-5,7H2,1-3H3,(H,16,20). The Labute approximate surface area is 133 Å². The molecule has 0 aliphatic carbocycles. The Bertz CT molecular complexity index is 541. The van der Waals surface area contributed by atoms with Crippen molar-refractivity contribution in [3.05, 3.63) is 22.4 Å². The molecule has 1 atom stereocenters. The number of aromatic nitrogens is 1. The molecule has 2 heterocycles. The fourth-order valence-corrected chi connectivity index (χ4v) is 2.98. The minimum atomic E-state index is -0.467. The lowest BCUT2D eigenvalue weighted by Crippen LogP contribution is -2.59. The van der Waals surface area contributed by atoms with Crippen LogP contribution in [0.5, 0.6) is 0 Å². The van der Waals surface area contributed by atoms with Gasteiger partial charge in [0.15, 0.2) is 0 Å². The van der Waals surface area contributed by atoms with Crippen LogP contribution in [0, 0.1) is 0 Å². The highest BCUT2D eigenvalue weighted by molar-refractivity contribution is 9.10. The normalized spacial score (nSPS) is 18.9. The molecule has 0 bridgehead atoms. The van der Waals surface area contributed by atoms with Gasteiger partial charge in [0.25, 0.3) is 5.91 Å². The summed E-state index contributed by atoms with van der Waals surface area (Å²) in [7, 11) is 1.59. The van der Waals surface area contributed by atoms with Gasteiger partial charge in [-0.15, -0.1) is 0 Å². The summed E-state index contributed by atoms with van der Waals surface area (Å²) in [6.07, 6.45) is 1.90. The molecule has 1 unspecified atom stereocenters. The summed E-state index contributed by atoms with van der Waals surface area (Å²) in [4.78, 5) is 26.5. The predicted molar refractivity (Wildman–Crippen MR) is 84.3 cm³/mol. The molecule has 2 N–H and O–H groups in total. The maximum Gasteiger partial charge on any atom is 0.271 e. The largest absolute Gasteiger partial charge is 0.357 e. The SMILES string of the molecule is CNC(=O)C1CNCCN1C(=O)c1cc(Br)cn1C(C)C. The number of likely N-dealkylation sites (N-methyl/N-ethyl adjacent to an activating group) is 1. The van der Waals surface area contributed by atoms with Crippen LogP contribution in [0.15, 0.2) is 16.7 Å². The van der Waals surface area contributed by atoms with Crippen LogP contribution in [0.2, 0.25) is 0 Å². The van der Waals surface area contributed by atoms with Gasteiger partial charge in [0.2, 0.25) is 5.91 Å². The summed E-state index contributed by atoms with van der Waals surface area (Å²) in [6.45, 7) is 5.75. The van der Waals surface area contributed by atoms with E-state index in [1.165, 1.54) is 0 Å². The third kappa shape index (κ3) is 3.29. The molecule has 0 aromatic carbocycles. The highest BCUT2D eigenvalue weighted by Gasteiger charge is 2.33. The van der Waals surface area contributed by atoms with E-state index in [9.17, 15) is 9.59 Å². The Kier molecular flexibility index (Phi) is 5.05. The second-order valence-corrected chi connectivity index (χ2v) is 6.29. The molecule has 1 fully saturated rings. The van der Waals surface area contributed by atoms with Gasteiger partial charge in [-0.1, -0.05) is 0 Å². The fourth-order valence-electron chi connectivity index (χ4n) is 2.54. The average Bonchev–Trinajstić information content (AvgIpc) is 2.88. The minimum Gasteiger partial charge on any atom is -0.357 e. The molecule has 1 aromatic heterocycles. The molecule has 1 aliphatic rings. The fraction of sp³-hybridized carbons (Fsp3) is 0.571. The van der Waals surface area contributed by atoms with Crippen molar-refractivity contribution in [2.75, 3.05) is 26.7 Å². The molecule has 0 radical (unpaired) electrons. The van der Waals surface area contributed by atoms with E-state index in [0.29, 0.717) is 25.3 Å². The zero-order valence-electron chi connectivity index (χ0n) is 12.5. The monoisotopic (exact) mass is 356 g/mol. The minimum absolute atomic E-state index is 0.107. The summed E-state index contributed by atoms with van der Waals surface area (Å²) in [5.74, 6) is -0.248. The van der Waals surface area contributed by atoms with E-state index < -0.39 is 6.04 Å². The smallest absolute Gasteiger partial charge is 0.271 e. The Balaban J connectivity index is 2.31. The van der Waals surface area contributed by atoms with Crippen LogP contribution < -0.4 is 10.6 Å². The highest BCUT2D eigenvalue weighted by Crippen LogP contribution is 2.22. The van der Waals surface area contributed by atoms with Crippen LogP contribution >= 0.6 is 15.9 Å². The number of piperazine rings is 1. The molecule has 7 heteroatoms. The van der Waals surface area contributed by atoms with Crippen molar-refractivity contribution in [1.82, 2.24) is 20.1 Å². The Hall–Kier alpha value is -1.34. The van der Waals surface area contributed by atoms with Crippen molar-refractivity contribution in [2.24, 2.45) is 0 Å². The van der Waals surface area contributed by atoms with Crippen molar-refractivity contribution in [1.29, 1.82) is 0 Å². The molecule has 0 spiro atoms. The number of nitrogens with zero attached hydrogens (tertiary/aromatic N) is 2. The van der Waals surface area contributed by atoms with E-state index in [1.807, 2.05) is 30.7 Å². The molecule has 21 heavy (non-hydrogen) atoms. The summed E-state index contributed by atoms with van der Waals surface area (Å²) in [5, 5.41) is 5.78. The maximum atomic E-state index is 12.8. The quantitative estimate of drug-likeness (QED) is 0.848. The lowest BCUT2D eigenvalue weighted by molar-refractivity contribution is -0.125. The first-order valence-electron chi connectivity index (χ1n) is 7.06. The number of hydrogen-bond acceptors (Lipinski definition) is 3. The number of carbonyl (C=O) groups excluding carboxylic acids is 2. The topological polar surface area (TPSA) is 66.4 Å². The van der Waals surface area contributed by atoms with Gasteiger partial charge >= 0.3 is 0 Å². The van der Waals surface area contributed by atoms with Crippen LogP contribution in [0.1, 0.15) is 30.4 Å². The molecule has 2 rings (SSSR count). The lowest BCUT2D eigenvalue weighted by Gasteiger charge is -2.35. The molecular formula is C14H21BrN4O2. The van der Waals surface area contributed by atoms with E-state index in [2.05, 4.69) is 26.6 Å². The maximum absolute atomic E-state index is 12.8.